The molecule has 0 atom stereocenters. The fourth-order valence-corrected chi connectivity index (χ4v) is 3.27. The summed E-state index contributed by atoms with van der Waals surface area (Å²) in [4.78, 5) is 21.2. The number of carbonyl (C=O) groups excluding carboxylic acids is 1. The van der Waals surface area contributed by atoms with E-state index < -0.39 is 0 Å². The van der Waals surface area contributed by atoms with Gasteiger partial charge in [-0.15, -0.1) is 11.3 Å². The number of benzene rings is 2. The summed E-state index contributed by atoms with van der Waals surface area (Å²) in [5, 5.41) is 13.0. The number of rotatable bonds is 5. The van der Waals surface area contributed by atoms with E-state index in [1.807, 2.05) is 66.9 Å². The Morgan fingerprint density at radius 3 is 2.64 bits per heavy atom. The Balaban J connectivity index is 1.55. The van der Waals surface area contributed by atoms with E-state index in [1.165, 1.54) is 6.08 Å². The number of aromatic amines is 1. The molecule has 6 nitrogen and oxygen atoms in total. The van der Waals surface area contributed by atoms with Crippen LogP contribution in [0.2, 0.25) is 0 Å². The van der Waals surface area contributed by atoms with Gasteiger partial charge in [0.25, 0.3) is 0 Å². The van der Waals surface area contributed by atoms with Crippen LogP contribution in [0.3, 0.4) is 0 Å². The lowest BCUT2D eigenvalue weighted by molar-refractivity contribution is -0.111. The van der Waals surface area contributed by atoms with Gasteiger partial charge in [0.1, 0.15) is 0 Å². The van der Waals surface area contributed by atoms with Crippen LogP contribution in [0.4, 0.5) is 5.69 Å². The molecule has 28 heavy (non-hydrogen) atoms. The average Bonchev–Trinajstić information content (AvgIpc) is 3.37. The van der Waals surface area contributed by atoms with Crippen molar-refractivity contribution in [2.75, 3.05) is 5.32 Å². The number of carbonyl (C=O) groups is 1. The van der Waals surface area contributed by atoms with Crippen LogP contribution < -0.4 is 5.32 Å². The van der Waals surface area contributed by atoms with Gasteiger partial charge in [-0.25, -0.2) is 9.97 Å². The third-order valence-corrected chi connectivity index (χ3v) is 4.79. The first-order valence-corrected chi connectivity index (χ1v) is 9.55. The van der Waals surface area contributed by atoms with Crippen LogP contribution in [0.5, 0.6) is 0 Å². The van der Waals surface area contributed by atoms with Gasteiger partial charge in [0.2, 0.25) is 5.91 Å². The summed E-state index contributed by atoms with van der Waals surface area (Å²) in [5.74, 6) is 0.963. The molecule has 0 radical (unpaired) electrons. The van der Waals surface area contributed by atoms with Crippen LogP contribution in [0, 0.1) is 6.92 Å². The Hall–Kier alpha value is -3.58. The highest BCUT2D eigenvalue weighted by molar-refractivity contribution is 7.09. The first-order valence-electron chi connectivity index (χ1n) is 8.67. The Morgan fingerprint density at radius 1 is 1.07 bits per heavy atom. The second-order valence-corrected chi connectivity index (χ2v) is 7.10. The van der Waals surface area contributed by atoms with E-state index >= 15 is 0 Å². The molecule has 0 saturated heterocycles. The molecule has 4 aromatic rings. The zero-order valence-electron chi connectivity index (χ0n) is 15.1. The fraction of sp³-hybridized carbons (Fsp3) is 0.0476. The number of H-pyrrole nitrogens is 1. The lowest BCUT2D eigenvalue weighted by Crippen LogP contribution is -2.09. The fourth-order valence-electron chi connectivity index (χ4n) is 2.69. The number of hydrogen-bond acceptors (Lipinski definition) is 5. The minimum Gasteiger partial charge on any atom is -0.322 e. The first-order chi connectivity index (χ1) is 13.7. The summed E-state index contributed by atoms with van der Waals surface area (Å²) in [6.45, 7) is 1.93. The molecule has 0 fully saturated rings. The molecular formula is C21H17N5OS. The van der Waals surface area contributed by atoms with Gasteiger partial charge in [-0.2, -0.15) is 5.10 Å². The number of hydrogen-bond donors (Lipinski definition) is 2. The summed E-state index contributed by atoms with van der Waals surface area (Å²) in [5.41, 5.74) is 3.12. The first kappa shape index (κ1) is 17.8. The van der Waals surface area contributed by atoms with Gasteiger partial charge in [-0.3, -0.25) is 9.89 Å². The molecule has 7 heteroatoms. The second-order valence-electron chi connectivity index (χ2n) is 6.03. The maximum absolute atomic E-state index is 12.3. The maximum Gasteiger partial charge on any atom is 0.248 e. The SMILES string of the molecule is Cc1nc(/C=C/C(=O)Nc2ccccc2-c2nc(-c3ccccc3)n[nH]2)cs1. The summed E-state index contributed by atoms with van der Waals surface area (Å²) in [7, 11) is 0. The van der Waals surface area contributed by atoms with Crippen LogP contribution >= 0.6 is 11.3 Å². The normalized spacial score (nSPS) is 11.0. The second kappa shape index (κ2) is 7.98. The number of nitrogens with one attached hydrogen (secondary N) is 2. The smallest absolute Gasteiger partial charge is 0.248 e. The third kappa shape index (κ3) is 4.05. The highest BCUT2D eigenvalue weighted by atomic mass is 32.1. The largest absolute Gasteiger partial charge is 0.322 e. The van der Waals surface area contributed by atoms with E-state index in [1.54, 1.807) is 17.4 Å². The predicted molar refractivity (Wildman–Crippen MR) is 112 cm³/mol. The predicted octanol–water partition coefficient (Wildman–Crippen LogP) is 4.56. The molecule has 0 saturated carbocycles. The summed E-state index contributed by atoms with van der Waals surface area (Å²) >= 11 is 1.55. The number of amides is 1. The van der Waals surface area contributed by atoms with Crippen molar-refractivity contribution < 1.29 is 4.79 Å². The molecule has 0 bridgehead atoms. The lowest BCUT2D eigenvalue weighted by atomic mass is 10.1. The summed E-state index contributed by atoms with van der Waals surface area (Å²) < 4.78 is 0. The Labute approximate surface area is 166 Å². The van der Waals surface area contributed by atoms with Gasteiger partial charge >= 0.3 is 0 Å². The Morgan fingerprint density at radius 2 is 1.86 bits per heavy atom. The highest BCUT2D eigenvalue weighted by Crippen LogP contribution is 2.26. The minimum atomic E-state index is -0.235. The van der Waals surface area contributed by atoms with Gasteiger partial charge in [-0.05, 0) is 25.1 Å². The number of para-hydroxylation sites is 1. The molecule has 4 rings (SSSR count). The topological polar surface area (TPSA) is 83.6 Å². The van der Waals surface area contributed by atoms with E-state index in [9.17, 15) is 4.79 Å². The Kier molecular flexibility index (Phi) is 5.07. The molecule has 0 unspecified atom stereocenters. The molecule has 1 amide bonds. The lowest BCUT2D eigenvalue weighted by Gasteiger charge is -2.07. The number of thiazole rings is 1. The zero-order chi connectivity index (χ0) is 19.3. The molecular weight excluding hydrogens is 370 g/mol. The van der Waals surface area contributed by atoms with Gasteiger partial charge in [0.05, 0.1) is 16.4 Å². The van der Waals surface area contributed by atoms with E-state index in [0.717, 1.165) is 21.8 Å². The van der Waals surface area contributed by atoms with Gasteiger partial charge in [0.15, 0.2) is 11.6 Å². The molecule has 0 aliphatic carbocycles. The van der Waals surface area contributed by atoms with Gasteiger partial charge in [-0.1, -0.05) is 42.5 Å². The molecule has 0 spiro atoms. The van der Waals surface area contributed by atoms with E-state index in [2.05, 4.69) is 25.5 Å². The van der Waals surface area contributed by atoms with Gasteiger partial charge < -0.3 is 5.32 Å². The van der Waals surface area contributed by atoms with Gasteiger partial charge in [0, 0.05) is 22.6 Å². The molecule has 2 heterocycles. The quantitative estimate of drug-likeness (QED) is 0.492. The molecule has 2 aromatic carbocycles. The standard InChI is InChI=1S/C21H17N5OS/c1-14-22-16(13-28-14)11-12-19(27)23-18-10-6-5-9-17(18)21-24-20(25-26-21)15-7-3-2-4-8-15/h2-13H,1H3,(H,23,27)(H,24,25,26)/b12-11+. The van der Waals surface area contributed by atoms with Crippen molar-refractivity contribution in [3.63, 3.8) is 0 Å². The van der Waals surface area contributed by atoms with Crippen molar-refractivity contribution in [1.82, 2.24) is 20.2 Å². The summed E-state index contributed by atoms with van der Waals surface area (Å²) in [6, 6.07) is 17.2. The molecule has 138 valence electrons. The average molecular weight is 387 g/mol. The van der Waals surface area contributed by atoms with Crippen LogP contribution in [-0.4, -0.2) is 26.1 Å². The number of nitrogens with zero attached hydrogens (tertiary/aromatic N) is 3. The maximum atomic E-state index is 12.3. The molecule has 0 aliphatic heterocycles. The Bertz CT molecular complexity index is 1130. The number of aromatic nitrogens is 4. The highest BCUT2D eigenvalue weighted by Gasteiger charge is 2.12. The van der Waals surface area contributed by atoms with Crippen LogP contribution in [0.25, 0.3) is 28.9 Å². The zero-order valence-corrected chi connectivity index (χ0v) is 15.9. The molecule has 2 aromatic heterocycles. The third-order valence-electron chi connectivity index (χ3n) is 4.00. The van der Waals surface area contributed by atoms with Crippen LogP contribution in [-0.2, 0) is 4.79 Å². The van der Waals surface area contributed by atoms with Crippen molar-refractivity contribution in [2.24, 2.45) is 0 Å². The van der Waals surface area contributed by atoms with Crippen molar-refractivity contribution in [3.05, 3.63) is 76.8 Å². The van der Waals surface area contributed by atoms with E-state index in [0.29, 0.717) is 17.3 Å². The van der Waals surface area contributed by atoms with Crippen LogP contribution in [0.15, 0.2) is 66.1 Å². The van der Waals surface area contributed by atoms with Crippen molar-refractivity contribution >= 4 is 29.0 Å². The van der Waals surface area contributed by atoms with Crippen molar-refractivity contribution in [3.8, 4) is 22.8 Å². The number of aryl methyl sites for hydroxylation is 1. The number of anilines is 1. The minimum absolute atomic E-state index is 0.235. The molecule has 2 N–H and O–H groups in total. The van der Waals surface area contributed by atoms with Crippen LogP contribution in [0.1, 0.15) is 10.7 Å². The van der Waals surface area contributed by atoms with E-state index in [4.69, 9.17) is 0 Å². The summed E-state index contributed by atoms with van der Waals surface area (Å²) in [6.07, 6.45) is 3.17. The monoisotopic (exact) mass is 387 g/mol. The van der Waals surface area contributed by atoms with E-state index in [-0.39, 0.29) is 5.91 Å². The van der Waals surface area contributed by atoms with Crippen molar-refractivity contribution in [2.45, 2.75) is 6.92 Å². The molecule has 0 aliphatic rings. The van der Waals surface area contributed by atoms with Crippen molar-refractivity contribution in [1.29, 1.82) is 0 Å².